The lowest BCUT2D eigenvalue weighted by Gasteiger charge is -2.12. The molecule has 1 aliphatic heterocycles. The first kappa shape index (κ1) is 15.2. The van der Waals surface area contributed by atoms with Gasteiger partial charge in [0.05, 0.1) is 30.6 Å². The van der Waals surface area contributed by atoms with E-state index in [2.05, 4.69) is 33.9 Å². The number of halogens is 1. The Labute approximate surface area is 128 Å². The molecule has 0 radical (unpaired) electrons. The van der Waals surface area contributed by atoms with Gasteiger partial charge < -0.3 is 19.5 Å². The van der Waals surface area contributed by atoms with Crippen LogP contribution < -0.4 is 14.8 Å². The zero-order chi connectivity index (χ0) is 14.2. The van der Waals surface area contributed by atoms with Gasteiger partial charge in [-0.2, -0.15) is 0 Å². The minimum atomic E-state index is 0.696. The van der Waals surface area contributed by atoms with Gasteiger partial charge >= 0.3 is 0 Å². The summed E-state index contributed by atoms with van der Waals surface area (Å²) >= 11 is 3.55. The van der Waals surface area contributed by atoms with Gasteiger partial charge in [0.1, 0.15) is 0 Å². The van der Waals surface area contributed by atoms with Gasteiger partial charge in [-0.3, -0.25) is 0 Å². The van der Waals surface area contributed by atoms with E-state index in [1.54, 1.807) is 0 Å². The first-order chi connectivity index (χ1) is 9.81. The number of hydrogen-bond acceptors (Lipinski definition) is 4. The van der Waals surface area contributed by atoms with Crippen LogP contribution in [0, 0.1) is 0 Å². The summed E-state index contributed by atoms with van der Waals surface area (Å²) in [6, 6.07) is 4.11. The van der Waals surface area contributed by atoms with E-state index in [0.717, 1.165) is 41.9 Å². The Balaban J connectivity index is 1.87. The van der Waals surface area contributed by atoms with Gasteiger partial charge in [0.25, 0.3) is 0 Å². The molecule has 4 nitrogen and oxygen atoms in total. The fourth-order valence-electron chi connectivity index (χ4n) is 1.98. The maximum absolute atomic E-state index is 5.72. The van der Waals surface area contributed by atoms with Crippen molar-refractivity contribution < 1.29 is 14.2 Å². The number of nitrogens with one attached hydrogen (secondary N) is 1. The minimum absolute atomic E-state index is 0.696. The number of fused-ring (bicyclic) bond motifs is 1. The molecule has 0 amide bonds. The lowest BCUT2D eigenvalue weighted by atomic mass is 10.2. The summed E-state index contributed by atoms with van der Waals surface area (Å²) in [5, 5.41) is 3.38. The smallest absolute Gasteiger partial charge is 0.175 e. The molecule has 2 rings (SSSR count). The van der Waals surface area contributed by atoms with Crippen molar-refractivity contribution in [2.75, 3.05) is 26.4 Å². The van der Waals surface area contributed by atoms with Crippen LogP contribution in [0.15, 0.2) is 29.4 Å². The lowest BCUT2D eigenvalue weighted by molar-refractivity contribution is 0.244. The average Bonchev–Trinajstić information content (AvgIpc) is 2.68. The van der Waals surface area contributed by atoms with E-state index in [9.17, 15) is 0 Å². The Morgan fingerprint density at radius 3 is 3.05 bits per heavy atom. The molecule has 1 aromatic carbocycles. The van der Waals surface area contributed by atoms with Crippen LogP contribution in [-0.2, 0) is 11.3 Å². The Morgan fingerprint density at radius 1 is 1.35 bits per heavy atom. The Kier molecular flexibility index (Phi) is 6.21. The van der Waals surface area contributed by atoms with E-state index in [-0.39, 0.29) is 0 Å². The molecule has 1 heterocycles. The van der Waals surface area contributed by atoms with Crippen LogP contribution in [0.5, 0.6) is 11.5 Å². The molecule has 110 valence electrons. The highest BCUT2D eigenvalue weighted by Crippen LogP contribution is 2.38. The average molecular weight is 342 g/mol. The Bertz CT molecular complexity index is 451. The Morgan fingerprint density at radius 2 is 2.20 bits per heavy atom. The first-order valence-electron chi connectivity index (χ1n) is 6.82. The van der Waals surface area contributed by atoms with Crippen LogP contribution in [0.2, 0.25) is 0 Å². The Hall–Kier alpha value is -1.20. The van der Waals surface area contributed by atoms with Crippen LogP contribution in [0.25, 0.3) is 0 Å². The summed E-state index contributed by atoms with van der Waals surface area (Å²) in [6.45, 7) is 7.31. The van der Waals surface area contributed by atoms with Crippen LogP contribution in [0.1, 0.15) is 18.4 Å². The van der Waals surface area contributed by atoms with Gasteiger partial charge in [0.2, 0.25) is 0 Å². The topological polar surface area (TPSA) is 39.7 Å². The zero-order valence-electron chi connectivity index (χ0n) is 11.5. The van der Waals surface area contributed by atoms with Gasteiger partial charge in [0, 0.05) is 13.0 Å². The highest BCUT2D eigenvalue weighted by Gasteiger charge is 2.14. The molecule has 0 unspecified atom stereocenters. The van der Waals surface area contributed by atoms with Crippen molar-refractivity contribution in [3.05, 3.63) is 35.0 Å². The highest BCUT2D eigenvalue weighted by atomic mass is 79.9. The fraction of sp³-hybridized carbons (Fsp3) is 0.467. The second-order valence-electron chi connectivity index (χ2n) is 4.52. The van der Waals surface area contributed by atoms with Gasteiger partial charge in [0.15, 0.2) is 11.5 Å². The molecule has 0 saturated carbocycles. The van der Waals surface area contributed by atoms with E-state index in [1.807, 2.05) is 6.07 Å². The molecule has 1 aliphatic rings. The molecule has 0 spiro atoms. The SMILES string of the molecule is C=COCCCNCc1cc(Br)c2c(c1)OCCCO2. The molecule has 5 heteroatoms. The van der Waals surface area contributed by atoms with Crippen molar-refractivity contribution in [3.8, 4) is 11.5 Å². The number of ether oxygens (including phenoxy) is 3. The van der Waals surface area contributed by atoms with Crippen LogP contribution in [-0.4, -0.2) is 26.4 Å². The van der Waals surface area contributed by atoms with Crippen molar-refractivity contribution in [2.24, 2.45) is 0 Å². The molecule has 0 aliphatic carbocycles. The summed E-state index contributed by atoms with van der Waals surface area (Å²) in [7, 11) is 0. The van der Waals surface area contributed by atoms with Gasteiger partial charge in [-0.25, -0.2) is 0 Å². The number of benzene rings is 1. The third kappa shape index (κ3) is 4.42. The molecule has 0 atom stereocenters. The summed E-state index contributed by atoms with van der Waals surface area (Å²) in [5.74, 6) is 1.63. The molecule has 1 aromatic rings. The quantitative estimate of drug-likeness (QED) is 0.610. The fourth-order valence-corrected chi connectivity index (χ4v) is 2.59. The van der Waals surface area contributed by atoms with Gasteiger partial charge in [-0.15, -0.1) is 0 Å². The van der Waals surface area contributed by atoms with Gasteiger partial charge in [-0.1, -0.05) is 6.58 Å². The van der Waals surface area contributed by atoms with Gasteiger partial charge in [-0.05, 0) is 46.6 Å². The maximum Gasteiger partial charge on any atom is 0.175 e. The number of hydrogen-bond donors (Lipinski definition) is 1. The van der Waals surface area contributed by atoms with E-state index in [4.69, 9.17) is 14.2 Å². The standard InChI is InChI=1S/C15H20BrNO3/c1-2-18-6-3-5-17-11-12-9-13(16)15-14(10-12)19-7-4-8-20-15/h2,9-10,17H,1,3-8,11H2. The zero-order valence-corrected chi connectivity index (χ0v) is 13.1. The van der Waals surface area contributed by atoms with Crippen molar-refractivity contribution in [2.45, 2.75) is 19.4 Å². The molecule has 20 heavy (non-hydrogen) atoms. The van der Waals surface area contributed by atoms with Crippen LogP contribution >= 0.6 is 15.9 Å². The predicted molar refractivity (Wildman–Crippen MR) is 82.2 cm³/mol. The van der Waals surface area contributed by atoms with Crippen molar-refractivity contribution in [3.63, 3.8) is 0 Å². The molecule has 0 saturated heterocycles. The summed E-state index contributed by atoms with van der Waals surface area (Å²) in [5.41, 5.74) is 1.17. The normalized spacial score (nSPS) is 13.7. The minimum Gasteiger partial charge on any atom is -0.502 e. The third-order valence-electron chi connectivity index (χ3n) is 2.92. The molecule has 1 N–H and O–H groups in total. The number of rotatable bonds is 7. The van der Waals surface area contributed by atoms with E-state index in [1.165, 1.54) is 11.8 Å². The third-order valence-corrected chi connectivity index (χ3v) is 3.51. The monoisotopic (exact) mass is 341 g/mol. The summed E-state index contributed by atoms with van der Waals surface area (Å²) in [4.78, 5) is 0. The van der Waals surface area contributed by atoms with Crippen molar-refractivity contribution in [1.82, 2.24) is 5.32 Å². The predicted octanol–water partition coefficient (Wildman–Crippen LogP) is 3.25. The molecule has 0 bridgehead atoms. The van der Waals surface area contributed by atoms with E-state index >= 15 is 0 Å². The molecule has 0 fully saturated rings. The van der Waals surface area contributed by atoms with E-state index < -0.39 is 0 Å². The molecular weight excluding hydrogens is 322 g/mol. The van der Waals surface area contributed by atoms with Crippen molar-refractivity contribution >= 4 is 15.9 Å². The second kappa shape index (κ2) is 8.17. The van der Waals surface area contributed by atoms with E-state index in [0.29, 0.717) is 19.8 Å². The van der Waals surface area contributed by atoms with Crippen molar-refractivity contribution in [1.29, 1.82) is 0 Å². The van der Waals surface area contributed by atoms with Crippen LogP contribution in [0.4, 0.5) is 0 Å². The second-order valence-corrected chi connectivity index (χ2v) is 5.38. The lowest BCUT2D eigenvalue weighted by Crippen LogP contribution is -2.16. The van der Waals surface area contributed by atoms with Crippen LogP contribution in [0.3, 0.4) is 0 Å². The maximum atomic E-state index is 5.72. The molecular formula is C15H20BrNO3. The summed E-state index contributed by atoms with van der Waals surface area (Å²) < 4.78 is 17.4. The first-order valence-corrected chi connectivity index (χ1v) is 7.62. The highest BCUT2D eigenvalue weighted by molar-refractivity contribution is 9.10. The summed E-state index contributed by atoms with van der Waals surface area (Å²) in [6.07, 6.45) is 3.34. The molecule has 0 aromatic heterocycles. The largest absolute Gasteiger partial charge is 0.502 e.